The van der Waals surface area contributed by atoms with E-state index in [1.54, 1.807) is 0 Å². The van der Waals surface area contributed by atoms with Crippen molar-refractivity contribution < 1.29 is 93.3 Å². The van der Waals surface area contributed by atoms with Crippen LogP contribution in [0.25, 0.3) is 0 Å². The van der Waals surface area contributed by atoms with Crippen molar-refractivity contribution in [1.82, 2.24) is 0 Å². The quantitative estimate of drug-likeness (QED) is 0.347. The molecule has 1 unspecified atom stereocenters. The van der Waals surface area contributed by atoms with E-state index in [0.717, 1.165) is 0 Å². The summed E-state index contributed by atoms with van der Waals surface area (Å²) in [5.41, 5.74) is -5.88. The molecule has 0 spiro atoms. The van der Waals surface area contributed by atoms with Gasteiger partial charge in [-0.2, -0.15) is 57.1 Å². The molecule has 0 rings (SSSR count). The van der Waals surface area contributed by atoms with Crippen molar-refractivity contribution in [3.8, 4) is 0 Å². The van der Waals surface area contributed by atoms with Gasteiger partial charge in [-0.05, 0) is 0 Å². The molecule has 0 heterocycles. The second-order valence-corrected chi connectivity index (χ2v) is 5.63. The summed E-state index contributed by atoms with van der Waals surface area (Å²) in [7, 11) is -7.25. The number of hydrogen-bond donors (Lipinski definition) is 0. The zero-order valence-electron chi connectivity index (χ0n) is 11.5. The Balaban J connectivity index is 0. The molecule has 0 fully saturated rings. The summed E-state index contributed by atoms with van der Waals surface area (Å²) in [6.45, 7) is 0. The molecular weight excluding hydrogens is 437 g/mol. The summed E-state index contributed by atoms with van der Waals surface area (Å²) in [5, 5.41) is 0. The Morgan fingerprint density at radius 3 is 1.12 bits per heavy atom. The molecule has 0 saturated heterocycles. The van der Waals surface area contributed by atoms with Crippen molar-refractivity contribution in [3.05, 3.63) is 0 Å². The van der Waals surface area contributed by atoms with E-state index in [9.17, 15) is 74.4 Å². The van der Waals surface area contributed by atoms with E-state index in [1.165, 1.54) is 0 Å². The fourth-order valence-electron chi connectivity index (χ4n) is 1.11. The molecule has 0 aliphatic heterocycles. The maximum Gasteiger partial charge on any atom is 1.00 e. The Morgan fingerprint density at radius 1 is 0.615 bits per heavy atom. The van der Waals surface area contributed by atoms with Gasteiger partial charge in [0.25, 0.3) is 5.50 Å². The second kappa shape index (κ2) is 6.85. The van der Waals surface area contributed by atoms with Crippen LogP contribution in [0, 0.1) is 0 Å². The van der Waals surface area contributed by atoms with Gasteiger partial charge in [-0.25, -0.2) is 12.8 Å². The van der Waals surface area contributed by atoms with Crippen LogP contribution in [0.5, 0.6) is 0 Å². The standard InChI is InChI=1S/C7H2F14O3S.Li/c8-1(25(22,23)24)2(9,10)3(11,12)4(13,14)5(15,16)6(17,18)7(19,20)21;/h1H,(H,22,23,24);/q;+1/p-1. The van der Waals surface area contributed by atoms with E-state index in [1.807, 2.05) is 0 Å². The van der Waals surface area contributed by atoms with E-state index in [2.05, 4.69) is 0 Å². The third-order valence-corrected chi connectivity index (χ3v) is 3.30. The van der Waals surface area contributed by atoms with Gasteiger partial charge >= 0.3 is 54.6 Å². The summed E-state index contributed by atoms with van der Waals surface area (Å²) >= 11 is 0. The fourth-order valence-corrected chi connectivity index (χ4v) is 1.62. The van der Waals surface area contributed by atoms with Crippen LogP contribution in [-0.2, 0) is 10.1 Å². The van der Waals surface area contributed by atoms with Crippen LogP contribution in [-0.4, -0.2) is 54.3 Å². The minimum absolute atomic E-state index is 0. The van der Waals surface area contributed by atoms with Gasteiger partial charge < -0.3 is 4.55 Å². The Kier molecular flexibility index (Phi) is 7.31. The number of halogens is 14. The first kappa shape index (κ1) is 27.7. The maximum atomic E-state index is 12.9. The van der Waals surface area contributed by atoms with E-state index in [-0.39, 0.29) is 18.9 Å². The molecule has 0 radical (unpaired) electrons. The summed E-state index contributed by atoms with van der Waals surface area (Å²) in [6.07, 6.45) is -7.66. The van der Waals surface area contributed by atoms with Crippen molar-refractivity contribution >= 4 is 10.1 Å². The molecule has 0 saturated carbocycles. The fraction of sp³-hybridized carbons (Fsp3) is 1.00. The molecule has 19 heteroatoms. The predicted molar refractivity (Wildman–Crippen MR) is 45.4 cm³/mol. The molecular formula is C7HF14LiO3S. The van der Waals surface area contributed by atoms with Crippen LogP contribution >= 0.6 is 0 Å². The van der Waals surface area contributed by atoms with Gasteiger partial charge in [-0.1, -0.05) is 0 Å². The Labute approximate surface area is 145 Å². The SMILES string of the molecule is O=S(=O)([O-])C(F)C(F)(F)C(F)(F)C(F)(F)C(F)(F)C(F)(F)C(F)(F)F.[Li+]. The van der Waals surface area contributed by atoms with E-state index < -0.39 is 51.4 Å². The average Bonchev–Trinajstić information content (AvgIpc) is 2.34. The molecule has 1 atom stereocenters. The van der Waals surface area contributed by atoms with Gasteiger partial charge in [-0.3, -0.25) is 0 Å². The molecule has 0 aromatic heterocycles. The normalized spacial score (nSPS) is 16.9. The molecule has 152 valence electrons. The molecule has 0 aromatic rings. The second-order valence-electron chi connectivity index (χ2n) is 4.23. The molecule has 0 aliphatic rings. The van der Waals surface area contributed by atoms with Gasteiger partial charge in [0.1, 0.15) is 10.1 Å². The zero-order valence-corrected chi connectivity index (χ0v) is 12.3. The van der Waals surface area contributed by atoms with Crippen molar-refractivity contribution in [2.45, 2.75) is 41.3 Å². The first-order valence-corrected chi connectivity index (χ1v) is 6.42. The summed E-state index contributed by atoms with van der Waals surface area (Å²) in [5.74, 6) is -40.5. The van der Waals surface area contributed by atoms with Crippen molar-refractivity contribution in [2.24, 2.45) is 0 Å². The summed E-state index contributed by atoms with van der Waals surface area (Å²) in [4.78, 5) is 0. The van der Waals surface area contributed by atoms with Gasteiger partial charge in [0.2, 0.25) is 0 Å². The topological polar surface area (TPSA) is 57.2 Å². The monoisotopic (exact) mass is 438 g/mol. The average molecular weight is 438 g/mol. The number of rotatable bonds is 6. The first-order valence-electron chi connectivity index (χ1n) is 4.95. The molecule has 3 nitrogen and oxygen atoms in total. The van der Waals surface area contributed by atoms with E-state index >= 15 is 0 Å². The van der Waals surface area contributed by atoms with E-state index in [0.29, 0.717) is 0 Å². The summed E-state index contributed by atoms with van der Waals surface area (Å²) in [6, 6.07) is 0. The van der Waals surface area contributed by atoms with Crippen LogP contribution in [0.3, 0.4) is 0 Å². The minimum atomic E-state index is -8.36. The van der Waals surface area contributed by atoms with Crippen LogP contribution in [0.2, 0.25) is 0 Å². The minimum Gasteiger partial charge on any atom is -0.746 e. The maximum absolute atomic E-state index is 12.9. The first-order chi connectivity index (χ1) is 10.4. The van der Waals surface area contributed by atoms with E-state index in [4.69, 9.17) is 0 Å². The van der Waals surface area contributed by atoms with Gasteiger partial charge in [-0.15, -0.1) is 0 Å². The Bertz CT molecular complexity index is 611. The molecule has 0 N–H and O–H groups in total. The Hall–Kier alpha value is -0.473. The predicted octanol–water partition coefficient (Wildman–Crippen LogP) is 0.570. The molecule has 0 amide bonds. The van der Waals surface area contributed by atoms with Crippen LogP contribution in [0.1, 0.15) is 0 Å². The van der Waals surface area contributed by atoms with Gasteiger partial charge in [0, 0.05) is 0 Å². The Morgan fingerprint density at radius 2 is 0.885 bits per heavy atom. The smallest absolute Gasteiger partial charge is 0.746 e. The third-order valence-electron chi connectivity index (χ3n) is 2.50. The van der Waals surface area contributed by atoms with Gasteiger partial charge in [0.05, 0.1) is 0 Å². The molecule has 0 bridgehead atoms. The van der Waals surface area contributed by atoms with Crippen molar-refractivity contribution in [3.63, 3.8) is 0 Å². The van der Waals surface area contributed by atoms with Gasteiger partial charge in [0.15, 0.2) is 0 Å². The third kappa shape index (κ3) is 3.74. The van der Waals surface area contributed by atoms with Crippen molar-refractivity contribution in [2.75, 3.05) is 0 Å². The van der Waals surface area contributed by atoms with Crippen molar-refractivity contribution in [1.29, 1.82) is 0 Å². The molecule has 0 aliphatic carbocycles. The van der Waals surface area contributed by atoms with Crippen LogP contribution in [0.4, 0.5) is 61.5 Å². The number of hydrogen-bond acceptors (Lipinski definition) is 3. The number of alkyl halides is 14. The molecule has 26 heavy (non-hydrogen) atoms. The zero-order chi connectivity index (χ0) is 21.1. The van der Waals surface area contributed by atoms with Crippen LogP contribution < -0.4 is 18.9 Å². The van der Waals surface area contributed by atoms with Crippen LogP contribution in [0.15, 0.2) is 0 Å². The largest absolute Gasteiger partial charge is 1.00 e. The molecule has 0 aromatic carbocycles. The summed E-state index contributed by atoms with van der Waals surface area (Å²) < 4.78 is 204.